The minimum Gasteiger partial charge on any atom is -0.358 e. The SMILES string of the molecule is Cc1nc(C2CCCN(c3nc4sccn4c3[N+](=O)[O-])C2)n[nH]1. The molecule has 0 saturated carbocycles. The molecule has 9 nitrogen and oxygen atoms in total. The van der Waals surface area contributed by atoms with Crippen LogP contribution in [-0.4, -0.2) is 42.6 Å². The van der Waals surface area contributed by atoms with Crippen LogP contribution in [0.3, 0.4) is 0 Å². The average Bonchev–Trinajstić information content (AvgIpc) is 3.21. The molecule has 0 radical (unpaired) electrons. The van der Waals surface area contributed by atoms with Gasteiger partial charge in [-0.1, -0.05) is 11.3 Å². The zero-order valence-corrected chi connectivity index (χ0v) is 13.3. The standard InChI is InChI=1S/C13H15N7O2S/c1-8-14-10(17-16-8)9-3-2-4-18(7-9)11-12(20(21)22)19-5-6-23-13(19)15-11/h5-6,9H,2-4,7H2,1H3,(H,14,16,17). The van der Waals surface area contributed by atoms with E-state index >= 15 is 0 Å². The number of aryl methyl sites for hydroxylation is 1. The van der Waals surface area contributed by atoms with Gasteiger partial charge in [0.1, 0.15) is 12.0 Å². The lowest BCUT2D eigenvalue weighted by molar-refractivity contribution is -0.389. The van der Waals surface area contributed by atoms with Gasteiger partial charge in [0.05, 0.1) is 0 Å². The molecular formula is C13H15N7O2S. The number of nitro groups is 1. The highest BCUT2D eigenvalue weighted by atomic mass is 32.1. The van der Waals surface area contributed by atoms with E-state index in [1.165, 1.54) is 11.3 Å². The van der Waals surface area contributed by atoms with E-state index in [0.29, 0.717) is 17.3 Å². The average molecular weight is 333 g/mol. The number of imidazole rings is 1. The Kier molecular flexibility index (Phi) is 3.26. The van der Waals surface area contributed by atoms with Crippen LogP contribution >= 0.6 is 11.3 Å². The number of aromatic amines is 1. The molecule has 10 heteroatoms. The summed E-state index contributed by atoms with van der Waals surface area (Å²) in [5.74, 6) is 2.20. The smallest absolute Gasteiger partial charge is 0.358 e. The summed E-state index contributed by atoms with van der Waals surface area (Å²) in [4.78, 5) is 22.6. The molecular weight excluding hydrogens is 318 g/mol. The molecule has 3 aromatic heterocycles. The summed E-state index contributed by atoms with van der Waals surface area (Å²) in [6.45, 7) is 3.26. The van der Waals surface area contributed by atoms with Gasteiger partial charge in [-0.15, -0.1) is 0 Å². The van der Waals surface area contributed by atoms with Crippen LogP contribution < -0.4 is 4.90 Å². The molecule has 1 fully saturated rings. The van der Waals surface area contributed by atoms with Gasteiger partial charge in [0.2, 0.25) is 5.82 Å². The van der Waals surface area contributed by atoms with Gasteiger partial charge >= 0.3 is 5.82 Å². The van der Waals surface area contributed by atoms with Crippen molar-refractivity contribution in [2.75, 3.05) is 18.0 Å². The maximum absolute atomic E-state index is 11.5. The first-order valence-electron chi connectivity index (χ1n) is 7.37. The summed E-state index contributed by atoms with van der Waals surface area (Å²) < 4.78 is 1.54. The van der Waals surface area contributed by atoms with Gasteiger partial charge in [-0.25, -0.2) is 4.98 Å². The zero-order chi connectivity index (χ0) is 16.0. The van der Waals surface area contributed by atoms with Gasteiger partial charge in [-0.2, -0.15) is 14.5 Å². The molecule has 4 heterocycles. The summed E-state index contributed by atoms with van der Waals surface area (Å²) in [7, 11) is 0. The number of H-pyrrole nitrogens is 1. The largest absolute Gasteiger partial charge is 0.373 e. The van der Waals surface area contributed by atoms with Gasteiger partial charge in [-0.05, 0) is 24.7 Å². The molecule has 23 heavy (non-hydrogen) atoms. The number of nitrogens with zero attached hydrogens (tertiary/aromatic N) is 6. The molecule has 0 aromatic carbocycles. The van der Waals surface area contributed by atoms with E-state index in [1.807, 2.05) is 11.8 Å². The number of rotatable bonds is 3. The Morgan fingerprint density at radius 1 is 1.48 bits per heavy atom. The van der Waals surface area contributed by atoms with Crippen LogP contribution in [0, 0.1) is 17.0 Å². The number of thiazole rings is 1. The normalized spacial score (nSPS) is 18.7. The molecule has 0 spiro atoms. The van der Waals surface area contributed by atoms with Crippen molar-refractivity contribution in [3.8, 4) is 0 Å². The maximum Gasteiger partial charge on any atom is 0.373 e. The number of hydrogen-bond acceptors (Lipinski definition) is 7. The minimum atomic E-state index is -0.359. The first-order valence-corrected chi connectivity index (χ1v) is 8.25. The second-order valence-electron chi connectivity index (χ2n) is 5.64. The van der Waals surface area contributed by atoms with E-state index < -0.39 is 0 Å². The van der Waals surface area contributed by atoms with E-state index in [1.54, 1.807) is 16.0 Å². The topological polar surface area (TPSA) is 105 Å². The van der Waals surface area contributed by atoms with Crippen LogP contribution in [0.5, 0.6) is 0 Å². The van der Waals surface area contributed by atoms with Crippen molar-refractivity contribution in [2.45, 2.75) is 25.7 Å². The van der Waals surface area contributed by atoms with Crippen molar-refractivity contribution in [3.05, 3.63) is 33.3 Å². The molecule has 0 amide bonds. The summed E-state index contributed by atoms with van der Waals surface area (Å²) >= 11 is 1.40. The highest BCUT2D eigenvalue weighted by Gasteiger charge is 2.32. The molecule has 1 saturated heterocycles. The lowest BCUT2D eigenvalue weighted by Gasteiger charge is -2.31. The fourth-order valence-electron chi connectivity index (χ4n) is 3.07. The lowest BCUT2D eigenvalue weighted by Crippen LogP contribution is -2.35. The summed E-state index contributed by atoms with van der Waals surface area (Å²) in [5.41, 5.74) is 0. The van der Waals surface area contributed by atoms with E-state index in [-0.39, 0.29) is 16.7 Å². The third-order valence-electron chi connectivity index (χ3n) is 4.09. The molecule has 3 aromatic rings. The van der Waals surface area contributed by atoms with Gasteiger partial charge in [0, 0.05) is 24.4 Å². The second-order valence-corrected chi connectivity index (χ2v) is 6.51. The Bertz CT molecular complexity index is 867. The van der Waals surface area contributed by atoms with E-state index in [9.17, 15) is 10.1 Å². The highest BCUT2D eigenvalue weighted by Crippen LogP contribution is 2.35. The Labute approximate surface area is 135 Å². The third-order valence-corrected chi connectivity index (χ3v) is 4.85. The first kappa shape index (κ1) is 14.1. The van der Waals surface area contributed by atoms with Crippen molar-refractivity contribution in [2.24, 2.45) is 0 Å². The Morgan fingerprint density at radius 3 is 3.09 bits per heavy atom. The number of nitrogens with one attached hydrogen (secondary N) is 1. The zero-order valence-electron chi connectivity index (χ0n) is 12.5. The van der Waals surface area contributed by atoms with Gasteiger partial charge in [-0.3, -0.25) is 5.10 Å². The molecule has 0 aliphatic carbocycles. The Hall–Kier alpha value is -2.49. The van der Waals surface area contributed by atoms with Crippen molar-refractivity contribution in [3.63, 3.8) is 0 Å². The fraction of sp³-hybridized carbons (Fsp3) is 0.462. The number of fused-ring (bicyclic) bond motifs is 1. The molecule has 1 N–H and O–H groups in total. The quantitative estimate of drug-likeness (QED) is 0.581. The van der Waals surface area contributed by atoms with Crippen LogP contribution in [0.25, 0.3) is 4.96 Å². The van der Waals surface area contributed by atoms with Crippen LogP contribution in [0.4, 0.5) is 11.6 Å². The van der Waals surface area contributed by atoms with Crippen molar-refractivity contribution < 1.29 is 4.92 Å². The van der Waals surface area contributed by atoms with Crippen LogP contribution in [0.15, 0.2) is 11.6 Å². The summed E-state index contributed by atoms with van der Waals surface area (Å²) in [5, 5.41) is 20.4. The molecule has 1 aliphatic heterocycles. The molecule has 1 aliphatic rings. The summed E-state index contributed by atoms with van der Waals surface area (Å²) in [6, 6.07) is 0. The van der Waals surface area contributed by atoms with Gasteiger partial charge < -0.3 is 15.0 Å². The molecule has 0 bridgehead atoms. The number of anilines is 1. The fourth-order valence-corrected chi connectivity index (χ4v) is 3.77. The lowest BCUT2D eigenvalue weighted by atomic mass is 9.97. The molecule has 4 rings (SSSR count). The first-order chi connectivity index (χ1) is 11.1. The van der Waals surface area contributed by atoms with E-state index in [0.717, 1.165) is 31.0 Å². The number of hydrogen-bond donors (Lipinski definition) is 1. The van der Waals surface area contributed by atoms with Crippen molar-refractivity contribution in [1.82, 2.24) is 24.6 Å². The number of piperidine rings is 1. The van der Waals surface area contributed by atoms with Crippen LogP contribution in [-0.2, 0) is 0 Å². The third kappa shape index (κ3) is 2.34. The molecule has 1 atom stereocenters. The Morgan fingerprint density at radius 2 is 2.35 bits per heavy atom. The summed E-state index contributed by atoms with van der Waals surface area (Å²) in [6.07, 6.45) is 3.60. The van der Waals surface area contributed by atoms with E-state index in [2.05, 4.69) is 20.2 Å². The molecule has 120 valence electrons. The predicted molar refractivity (Wildman–Crippen MR) is 85.0 cm³/mol. The van der Waals surface area contributed by atoms with Gasteiger partial charge in [0.25, 0.3) is 4.96 Å². The number of aromatic nitrogens is 5. The van der Waals surface area contributed by atoms with Crippen LogP contribution in [0.1, 0.15) is 30.4 Å². The highest BCUT2D eigenvalue weighted by molar-refractivity contribution is 7.15. The van der Waals surface area contributed by atoms with Gasteiger partial charge in [0.15, 0.2) is 5.82 Å². The van der Waals surface area contributed by atoms with Crippen molar-refractivity contribution in [1.29, 1.82) is 0 Å². The molecule has 1 unspecified atom stereocenters. The van der Waals surface area contributed by atoms with E-state index in [4.69, 9.17) is 0 Å². The minimum absolute atomic E-state index is 0.0352. The van der Waals surface area contributed by atoms with Crippen molar-refractivity contribution >= 4 is 27.9 Å². The second kappa shape index (κ2) is 5.30. The monoisotopic (exact) mass is 333 g/mol. The predicted octanol–water partition coefficient (Wildman–Crippen LogP) is 2.11. The maximum atomic E-state index is 11.5. The Balaban J connectivity index is 1.68. The van der Waals surface area contributed by atoms with Crippen LogP contribution in [0.2, 0.25) is 0 Å².